The number of nitrogens with zero attached hydrogens (tertiary/aromatic N) is 4. The SMILES string of the molecule is Cc1c(-c2cc3cc(NC(=O)O[C@H]4CC[C@@H]4C#N)ncc3c(NC(=O)OC(C)(C)C)c2F)cnc2c1N(C(=O)OC(C)(C)C)CCO2. The molecule has 0 spiro atoms. The van der Waals surface area contributed by atoms with E-state index in [2.05, 4.69) is 26.7 Å². The van der Waals surface area contributed by atoms with E-state index in [1.54, 1.807) is 48.5 Å². The molecule has 5 rings (SSSR count). The molecule has 2 N–H and O–H groups in total. The summed E-state index contributed by atoms with van der Waals surface area (Å²) in [5, 5.41) is 14.9. The minimum Gasteiger partial charge on any atom is -0.474 e. The molecule has 1 fully saturated rings. The number of hydrogen-bond acceptors (Lipinski definition) is 10. The molecule has 0 bridgehead atoms. The second kappa shape index (κ2) is 12.5. The number of benzene rings is 1. The summed E-state index contributed by atoms with van der Waals surface area (Å²) in [6, 6.07) is 5.13. The molecule has 13 nitrogen and oxygen atoms in total. The van der Waals surface area contributed by atoms with Crippen LogP contribution in [0.25, 0.3) is 21.9 Å². The van der Waals surface area contributed by atoms with E-state index in [1.165, 1.54) is 29.4 Å². The van der Waals surface area contributed by atoms with Crippen LogP contribution < -0.4 is 20.3 Å². The number of halogens is 1. The molecule has 1 aliphatic carbocycles. The van der Waals surface area contributed by atoms with Crippen LogP contribution in [0, 0.1) is 30.0 Å². The van der Waals surface area contributed by atoms with E-state index in [0.29, 0.717) is 35.0 Å². The van der Waals surface area contributed by atoms with Crippen molar-refractivity contribution in [1.82, 2.24) is 9.97 Å². The molecule has 47 heavy (non-hydrogen) atoms. The zero-order valence-electron chi connectivity index (χ0n) is 27.3. The highest BCUT2D eigenvalue weighted by molar-refractivity contribution is 6.05. The van der Waals surface area contributed by atoms with Gasteiger partial charge >= 0.3 is 18.3 Å². The monoisotopic (exact) mass is 648 g/mol. The molecule has 3 amide bonds. The first-order valence-corrected chi connectivity index (χ1v) is 15.2. The molecule has 1 aromatic carbocycles. The van der Waals surface area contributed by atoms with Crippen LogP contribution in [0.3, 0.4) is 0 Å². The zero-order chi connectivity index (χ0) is 34.3. The molecule has 14 heteroatoms. The van der Waals surface area contributed by atoms with Gasteiger partial charge in [-0.2, -0.15) is 5.26 Å². The maximum atomic E-state index is 16.6. The van der Waals surface area contributed by atoms with Gasteiger partial charge in [0.1, 0.15) is 35.4 Å². The summed E-state index contributed by atoms with van der Waals surface area (Å²) < 4.78 is 38.7. The number of carbonyl (C=O) groups is 3. The van der Waals surface area contributed by atoms with Crippen molar-refractivity contribution in [2.75, 3.05) is 28.7 Å². The van der Waals surface area contributed by atoms with E-state index in [-0.39, 0.29) is 47.4 Å². The Balaban J connectivity index is 1.59. The van der Waals surface area contributed by atoms with Crippen LogP contribution >= 0.6 is 0 Å². The lowest BCUT2D eigenvalue weighted by molar-refractivity contribution is 0.0323. The van der Waals surface area contributed by atoms with E-state index >= 15 is 4.39 Å². The summed E-state index contributed by atoms with van der Waals surface area (Å²) in [4.78, 5) is 48.7. The average Bonchev–Trinajstić information content (AvgIpc) is 2.95. The lowest BCUT2D eigenvalue weighted by Crippen LogP contribution is -2.42. The average molecular weight is 649 g/mol. The predicted molar refractivity (Wildman–Crippen MR) is 171 cm³/mol. The molecule has 2 aliphatic rings. The second-order valence-electron chi connectivity index (χ2n) is 13.3. The third kappa shape index (κ3) is 7.29. The van der Waals surface area contributed by atoms with Gasteiger partial charge in [0, 0.05) is 28.9 Å². The van der Waals surface area contributed by atoms with Crippen molar-refractivity contribution < 1.29 is 37.7 Å². The molecular weight excluding hydrogens is 611 g/mol. The summed E-state index contributed by atoms with van der Waals surface area (Å²) in [5.74, 6) is -0.873. The first-order valence-electron chi connectivity index (χ1n) is 15.2. The van der Waals surface area contributed by atoms with Crippen LogP contribution in [0.1, 0.15) is 59.9 Å². The third-order valence-corrected chi connectivity index (χ3v) is 7.45. The van der Waals surface area contributed by atoms with Crippen molar-refractivity contribution in [3.63, 3.8) is 0 Å². The van der Waals surface area contributed by atoms with Crippen molar-refractivity contribution in [2.24, 2.45) is 5.92 Å². The molecule has 0 unspecified atom stereocenters. The number of anilines is 3. The smallest absolute Gasteiger partial charge is 0.415 e. The van der Waals surface area contributed by atoms with Crippen molar-refractivity contribution in [3.05, 3.63) is 35.9 Å². The molecule has 3 aromatic rings. The van der Waals surface area contributed by atoms with E-state index in [1.807, 2.05) is 0 Å². The summed E-state index contributed by atoms with van der Waals surface area (Å²) >= 11 is 0. The summed E-state index contributed by atoms with van der Waals surface area (Å²) in [7, 11) is 0. The van der Waals surface area contributed by atoms with Gasteiger partial charge in [0.25, 0.3) is 0 Å². The van der Waals surface area contributed by atoms with Gasteiger partial charge in [-0.05, 0) is 84.4 Å². The minimum absolute atomic E-state index is 0.0390. The van der Waals surface area contributed by atoms with Crippen molar-refractivity contribution in [1.29, 1.82) is 5.26 Å². The van der Waals surface area contributed by atoms with Crippen molar-refractivity contribution in [3.8, 4) is 23.1 Å². The minimum atomic E-state index is -0.891. The fourth-order valence-corrected chi connectivity index (χ4v) is 5.20. The number of hydrogen-bond donors (Lipinski definition) is 2. The Morgan fingerprint density at radius 3 is 2.36 bits per heavy atom. The van der Waals surface area contributed by atoms with Crippen LogP contribution in [-0.4, -0.2) is 58.7 Å². The highest BCUT2D eigenvalue weighted by Crippen LogP contribution is 2.42. The number of amides is 3. The number of ether oxygens (including phenoxy) is 4. The van der Waals surface area contributed by atoms with Gasteiger partial charge in [0.05, 0.1) is 24.2 Å². The number of pyridine rings is 2. The topological polar surface area (TPSA) is 165 Å². The zero-order valence-corrected chi connectivity index (χ0v) is 27.3. The number of nitrogens with one attached hydrogen (secondary N) is 2. The number of fused-ring (bicyclic) bond motifs is 2. The molecule has 0 radical (unpaired) electrons. The van der Waals surface area contributed by atoms with Crippen molar-refractivity contribution in [2.45, 2.75) is 78.6 Å². The summed E-state index contributed by atoms with van der Waals surface area (Å²) in [6.45, 7) is 12.4. The maximum Gasteiger partial charge on any atom is 0.415 e. The van der Waals surface area contributed by atoms with Crippen LogP contribution in [0.5, 0.6) is 5.88 Å². The molecular formula is C33H37FN6O7. The van der Waals surface area contributed by atoms with Gasteiger partial charge in [-0.15, -0.1) is 0 Å². The van der Waals surface area contributed by atoms with E-state index < -0.39 is 41.4 Å². The Labute approximate surface area is 271 Å². The number of rotatable bonds is 4. The highest BCUT2D eigenvalue weighted by atomic mass is 19.1. The van der Waals surface area contributed by atoms with Crippen molar-refractivity contribution >= 4 is 46.2 Å². The first-order chi connectivity index (χ1) is 22.0. The fraction of sp³-hybridized carbons (Fsp3) is 0.455. The molecule has 3 heterocycles. The standard InChI is InChI=1S/C33H37FN6O7/c1-17-21(15-37-28-27(17)40(10-11-44-28)31(43)47-33(5,6)7)20-12-19-13-24(38-29(41)45-23-9-8-18(23)14-35)36-16-22(19)26(25(20)34)39-30(42)46-32(2,3)4/h12-13,15-16,18,23H,8-11H2,1-7H3,(H,39,42)(H,36,38,41)/t18-,23+/m1/s1. The number of nitriles is 1. The molecule has 0 saturated heterocycles. The lowest BCUT2D eigenvalue weighted by Gasteiger charge is -2.32. The first kappa shape index (κ1) is 33.2. The maximum absolute atomic E-state index is 16.6. The van der Waals surface area contributed by atoms with Gasteiger partial charge in [0.15, 0.2) is 5.82 Å². The fourth-order valence-electron chi connectivity index (χ4n) is 5.20. The molecule has 1 aliphatic heterocycles. The quantitative estimate of drug-likeness (QED) is 0.279. The lowest BCUT2D eigenvalue weighted by atomic mass is 9.83. The predicted octanol–water partition coefficient (Wildman–Crippen LogP) is 7.08. The van der Waals surface area contributed by atoms with Gasteiger partial charge in [0.2, 0.25) is 5.88 Å². The molecule has 1 saturated carbocycles. The molecule has 248 valence electrons. The van der Waals surface area contributed by atoms with E-state index in [9.17, 15) is 14.4 Å². The van der Waals surface area contributed by atoms with Crippen LogP contribution in [0.2, 0.25) is 0 Å². The largest absolute Gasteiger partial charge is 0.474 e. The van der Waals surface area contributed by atoms with E-state index in [0.717, 1.165) is 0 Å². The van der Waals surface area contributed by atoms with Crippen LogP contribution in [0.4, 0.5) is 36.0 Å². The van der Waals surface area contributed by atoms with Gasteiger partial charge in [-0.3, -0.25) is 15.5 Å². The van der Waals surface area contributed by atoms with Gasteiger partial charge in [-0.25, -0.2) is 28.7 Å². The summed E-state index contributed by atoms with van der Waals surface area (Å²) in [6.07, 6.45) is 1.19. The Kier molecular flexibility index (Phi) is 8.85. The highest BCUT2D eigenvalue weighted by Gasteiger charge is 2.35. The third-order valence-electron chi connectivity index (χ3n) is 7.45. The Bertz CT molecular complexity index is 1790. The summed E-state index contributed by atoms with van der Waals surface area (Å²) in [5.41, 5.74) is -0.676. The Morgan fingerprint density at radius 1 is 1.00 bits per heavy atom. The van der Waals surface area contributed by atoms with E-state index in [4.69, 9.17) is 24.2 Å². The Hall–Kier alpha value is -5.19. The van der Waals surface area contributed by atoms with Gasteiger partial charge < -0.3 is 18.9 Å². The second-order valence-corrected chi connectivity index (χ2v) is 13.3. The van der Waals surface area contributed by atoms with Gasteiger partial charge in [-0.1, -0.05) is 0 Å². The Morgan fingerprint density at radius 2 is 1.72 bits per heavy atom. The normalized spacial score (nSPS) is 17.4. The van der Waals surface area contributed by atoms with Crippen LogP contribution in [0.15, 0.2) is 24.5 Å². The molecule has 2 aromatic heterocycles. The number of carbonyl (C=O) groups excluding carboxylic acids is 3. The number of aromatic nitrogens is 2. The molecule has 2 atom stereocenters. The van der Waals surface area contributed by atoms with Crippen LogP contribution in [-0.2, 0) is 14.2 Å².